The van der Waals surface area contributed by atoms with Gasteiger partial charge in [0.1, 0.15) is 0 Å². The SMILES string of the molecule is O=C(C1CCCCC12OCCO2)N1CC=C(c2ccccc2)CC1. The van der Waals surface area contributed by atoms with Gasteiger partial charge < -0.3 is 14.4 Å². The van der Waals surface area contributed by atoms with Crippen molar-refractivity contribution in [2.75, 3.05) is 26.3 Å². The van der Waals surface area contributed by atoms with E-state index in [4.69, 9.17) is 9.47 Å². The zero-order chi connectivity index (χ0) is 16.4. The van der Waals surface area contributed by atoms with Crippen LogP contribution in [-0.4, -0.2) is 42.9 Å². The van der Waals surface area contributed by atoms with Crippen LogP contribution in [0.4, 0.5) is 0 Å². The van der Waals surface area contributed by atoms with Crippen molar-refractivity contribution in [1.29, 1.82) is 0 Å². The van der Waals surface area contributed by atoms with Crippen molar-refractivity contribution in [2.45, 2.75) is 37.9 Å². The van der Waals surface area contributed by atoms with Crippen molar-refractivity contribution in [3.05, 3.63) is 42.0 Å². The van der Waals surface area contributed by atoms with Gasteiger partial charge in [-0.2, -0.15) is 0 Å². The lowest BCUT2D eigenvalue weighted by atomic mass is 9.82. The Bertz CT molecular complexity index is 619. The highest BCUT2D eigenvalue weighted by molar-refractivity contribution is 5.81. The highest BCUT2D eigenvalue weighted by Crippen LogP contribution is 2.41. The number of hydrogen-bond acceptors (Lipinski definition) is 3. The minimum Gasteiger partial charge on any atom is -0.347 e. The molecule has 0 bridgehead atoms. The van der Waals surface area contributed by atoms with Crippen molar-refractivity contribution in [1.82, 2.24) is 4.90 Å². The molecule has 1 saturated carbocycles. The van der Waals surface area contributed by atoms with Crippen LogP contribution in [-0.2, 0) is 14.3 Å². The monoisotopic (exact) mass is 327 g/mol. The largest absolute Gasteiger partial charge is 0.347 e. The topological polar surface area (TPSA) is 38.8 Å². The zero-order valence-electron chi connectivity index (χ0n) is 14.1. The second-order valence-corrected chi connectivity index (χ2v) is 6.94. The van der Waals surface area contributed by atoms with Crippen LogP contribution in [0, 0.1) is 5.92 Å². The van der Waals surface area contributed by atoms with E-state index in [1.165, 1.54) is 11.1 Å². The van der Waals surface area contributed by atoms with Gasteiger partial charge in [-0.25, -0.2) is 0 Å². The van der Waals surface area contributed by atoms with Gasteiger partial charge in [0, 0.05) is 19.5 Å². The van der Waals surface area contributed by atoms with Gasteiger partial charge in [-0.3, -0.25) is 4.79 Å². The van der Waals surface area contributed by atoms with E-state index in [9.17, 15) is 4.79 Å². The molecule has 2 heterocycles. The highest BCUT2D eigenvalue weighted by atomic mass is 16.7. The first kappa shape index (κ1) is 15.9. The predicted molar refractivity (Wildman–Crippen MR) is 92.2 cm³/mol. The first-order chi connectivity index (χ1) is 11.8. The molecule has 1 aromatic rings. The third kappa shape index (κ3) is 2.89. The number of ether oxygens (including phenoxy) is 2. The Labute approximate surface area is 143 Å². The second kappa shape index (κ2) is 6.69. The van der Waals surface area contributed by atoms with Crippen LogP contribution < -0.4 is 0 Å². The summed E-state index contributed by atoms with van der Waals surface area (Å²) >= 11 is 0. The standard InChI is InChI=1S/C20H25NO3/c22-19(18-8-4-5-11-20(18)23-14-15-24-20)21-12-9-17(10-13-21)16-6-2-1-3-7-16/h1-3,6-7,9,18H,4-5,8,10-15H2. The molecular weight excluding hydrogens is 302 g/mol. The number of nitrogens with zero attached hydrogens (tertiary/aromatic N) is 1. The summed E-state index contributed by atoms with van der Waals surface area (Å²) in [5.41, 5.74) is 2.60. The third-order valence-electron chi connectivity index (χ3n) is 5.54. The minimum absolute atomic E-state index is 0.138. The van der Waals surface area contributed by atoms with E-state index in [2.05, 4.69) is 30.3 Å². The number of hydrogen-bond donors (Lipinski definition) is 0. The summed E-state index contributed by atoms with van der Waals surface area (Å²) in [6, 6.07) is 10.4. The van der Waals surface area contributed by atoms with Gasteiger partial charge in [0.05, 0.1) is 19.1 Å². The Morgan fingerprint density at radius 3 is 2.62 bits per heavy atom. The average molecular weight is 327 g/mol. The first-order valence-electron chi connectivity index (χ1n) is 9.10. The molecule has 1 unspecified atom stereocenters. The van der Waals surface area contributed by atoms with E-state index in [1.54, 1.807) is 0 Å². The molecule has 128 valence electrons. The lowest BCUT2D eigenvalue weighted by Crippen LogP contribution is -2.51. The van der Waals surface area contributed by atoms with E-state index in [1.807, 2.05) is 11.0 Å². The fourth-order valence-electron chi connectivity index (χ4n) is 4.25. The van der Waals surface area contributed by atoms with Crippen molar-refractivity contribution in [2.24, 2.45) is 5.92 Å². The molecule has 1 spiro atoms. The summed E-state index contributed by atoms with van der Waals surface area (Å²) in [4.78, 5) is 15.1. The van der Waals surface area contributed by atoms with Gasteiger partial charge in [-0.05, 0) is 30.4 Å². The van der Waals surface area contributed by atoms with Crippen LogP contribution in [0.25, 0.3) is 5.57 Å². The lowest BCUT2D eigenvalue weighted by molar-refractivity contribution is -0.216. The molecule has 1 aliphatic carbocycles. The average Bonchev–Trinajstić information content (AvgIpc) is 3.11. The van der Waals surface area contributed by atoms with Crippen LogP contribution in [0.3, 0.4) is 0 Å². The number of amides is 1. The minimum atomic E-state index is -0.640. The van der Waals surface area contributed by atoms with Crippen molar-refractivity contribution >= 4 is 11.5 Å². The van der Waals surface area contributed by atoms with Gasteiger partial charge in [0.25, 0.3) is 0 Å². The van der Waals surface area contributed by atoms with Crippen LogP contribution in [0.15, 0.2) is 36.4 Å². The summed E-state index contributed by atoms with van der Waals surface area (Å²) in [7, 11) is 0. The number of rotatable bonds is 2. The van der Waals surface area contributed by atoms with Gasteiger partial charge in [-0.15, -0.1) is 0 Å². The van der Waals surface area contributed by atoms with E-state index >= 15 is 0 Å². The summed E-state index contributed by atoms with van der Waals surface area (Å²) < 4.78 is 11.8. The van der Waals surface area contributed by atoms with Crippen LogP contribution in [0.2, 0.25) is 0 Å². The van der Waals surface area contributed by atoms with Gasteiger partial charge in [-0.1, -0.05) is 42.8 Å². The molecule has 1 amide bonds. The summed E-state index contributed by atoms with van der Waals surface area (Å²) in [5.74, 6) is -0.570. The maximum absolute atomic E-state index is 13.1. The van der Waals surface area contributed by atoms with E-state index < -0.39 is 5.79 Å². The second-order valence-electron chi connectivity index (χ2n) is 6.94. The summed E-state index contributed by atoms with van der Waals surface area (Å²) in [6.07, 6.45) is 7.01. The van der Waals surface area contributed by atoms with Gasteiger partial charge in [0.15, 0.2) is 5.79 Å². The Hall–Kier alpha value is -1.65. The number of carbonyl (C=O) groups is 1. The molecular formula is C20H25NO3. The molecule has 0 radical (unpaired) electrons. The molecule has 1 saturated heterocycles. The number of carbonyl (C=O) groups excluding carboxylic acids is 1. The molecule has 2 fully saturated rings. The molecule has 24 heavy (non-hydrogen) atoms. The maximum atomic E-state index is 13.1. The molecule has 4 heteroatoms. The van der Waals surface area contributed by atoms with E-state index in [0.717, 1.165) is 38.6 Å². The molecule has 2 aliphatic heterocycles. The van der Waals surface area contributed by atoms with Crippen molar-refractivity contribution in [3.63, 3.8) is 0 Å². The zero-order valence-corrected chi connectivity index (χ0v) is 14.1. The smallest absolute Gasteiger partial charge is 0.231 e. The fourth-order valence-corrected chi connectivity index (χ4v) is 4.25. The predicted octanol–water partition coefficient (Wildman–Crippen LogP) is 3.24. The van der Waals surface area contributed by atoms with Crippen LogP contribution in [0.1, 0.15) is 37.7 Å². The quantitative estimate of drug-likeness (QED) is 0.837. The van der Waals surface area contributed by atoms with E-state index in [-0.39, 0.29) is 11.8 Å². The van der Waals surface area contributed by atoms with E-state index in [0.29, 0.717) is 19.8 Å². The summed E-state index contributed by atoms with van der Waals surface area (Å²) in [5, 5.41) is 0. The molecule has 1 atom stereocenters. The van der Waals surface area contributed by atoms with Crippen LogP contribution in [0.5, 0.6) is 0 Å². The molecule has 4 nitrogen and oxygen atoms in total. The highest BCUT2D eigenvalue weighted by Gasteiger charge is 2.50. The summed E-state index contributed by atoms with van der Waals surface area (Å²) in [6.45, 7) is 2.70. The molecule has 0 N–H and O–H groups in total. The van der Waals surface area contributed by atoms with Crippen molar-refractivity contribution in [3.8, 4) is 0 Å². The van der Waals surface area contributed by atoms with Crippen LogP contribution >= 0.6 is 0 Å². The first-order valence-corrected chi connectivity index (χ1v) is 9.10. The Balaban J connectivity index is 1.47. The normalized spacial score (nSPS) is 26.4. The van der Waals surface area contributed by atoms with Gasteiger partial charge >= 0.3 is 0 Å². The molecule has 0 aromatic heterocycles. The Morgan fingerprint density at radius 2 is 1.92 bits per heavy atom. The number of benzene rings is 1. The molecule has 4 rings (SSSR count). The molecule has 3 aliphatic rings. The van der Waals surface area contributed by atoms with Crippen molar-refractivity contribution < 1.29 is 14.3 Å². The molecule has 1 aromatic carbocycles. The third-order valence-corrected chi connectivity index (χ3v) is 5.54. The maximum Gasteiger partial charge on any atom is 0.231 e. The van der Waals surface area contributed by atoms with Gasteiger partial charge in [0.2, 0.25) is 5.91 Å². The lowest BCUT2D eigenvalue weighted by Gasteiger charge is -2.41. The fraction of sp³-hybridized carbons (Fsp3) is 0.550. The Kier molecular flexibility index (Phi) is 4.42. The Morgan fingerprint density at radius 1 is 1.12 bits per heavy atom.